The number of anilines is 1. The first-order chi connectivity index (χ1) is 17.6. The zero-order valence-electron chi connectivity index (χ0n) is 21.0. The lowest BCUT2D eigenvalue weighted by molar-refractivity contribution is -0.181. The van der Waals surface area contributed by atoms with Crippen molar-refractivity contribution in [3.63, 3.8) is 0 Å². The minimum Gasteiger partial charge on any atom is -0.368 e. The van der Waals surface area contributed by atoms with E-state index in [4.69, 9.17) is 5.73 Å². The summed E-state index contributed by atoms with van der Waals surface area (Å²) in [7, 11) is -3.57. The van der Waals surface area contributed by atoms with Crippen molar-refractivity contribution < 1.29 is 31.2 Å². The summed E-state index contributed by atoms with van der Waals surface area (Å²) < 4.78 is 68.2. The number of nitrogens with zero attached hydrogens (tertiary/aromatic N) is 3. The van der Waals surface area contributed by atoms with Gasteiger partial charge in [-0.3, -0.25) is 15.1 Å². The monoisotopic (exact) mass is 574 g/mol. The number of urea groups is 1. The lowest BCUT2D eigenvalue weighted by atomic mass is 9.87. The third-order valence-corrected chi connectivity index (χ3v) is 10.2. The van der Waals surface area contributed by atoms with Gasteiger partial charge >= 0.3 is 12.2 Å². The normalized spacial score (nSPS) is 20.8. The van der Waals surface area contributed by atoms with Crippen LogP contribution in [0.4, 0.5) is 23.1 Å². The summed E-state index contributed by atoms with van der Waals surface area (Å²) in [5.74, 6) is -0.766. The molecule has 2 aliphatic rings. The summed E-state index contributed by atoms with van der Waals surface area (Å²) in [6.07, 6.45) is -1.18. The summed E-state index contributed by atoms with van der Waals surface area (Å²) >= 11 is 1.06. The number of pyridine rings is 1. The van der Waals surface area contributed by atoms with E-state index in [-0.39, 0.29) is 23.8 Å². The summed E-state index contributed by atoms with van der Waals surface area (Å²) in [5.41, 5.74) is 4.10. The molecule has 1 aliphatic heterocycles. The van der Waals surface area contributed by atoms with E-state index < -0.39 is 50.9 Å². The fourth-order valence-corrected chi connectivity index (χ4v) is 7.10. The van der Waals surface area contributed by atoms with E-state index in [1.54, 1.807) is 13.0 Å². The van der Waals surface area contributed by atoms with Gasteiger partial charge in [-0.15, -0.1) is 0 Å². The van der Waals surface area contributed by atoms with Crippen molar-refractivity contribution in [2.75, 3.05) is 11.9 Å². The number of alkyl halides is 3. The van der Waals surface area contributed by atoms with Gasteiger partial charge in [-0.25, -0.2) is 22.9 Å². The van der Waals surface area contributed by atoms with Crippen LogP contribution in [0.3, 0.4) is 0 Å². The molecule has 208 valence electrons. The molecule has 2 aromatic rings. The second-order valence-electron chi connectivity index (χ2n) is 10.1. The minimum absolute atomic E-state index is 0.0473. The number of aryl methyl sites for hydroxylation is 1. The molecule has 38 heavy (non-hydrogen) atoms. The van der Waals surface area contributed by atoms with Crippen molar-refractivity contribution in [2.45, 2.75) is 75.4 Å². The van der Waals surface area contributed by atoms with Gasteiger partial charge in [0.2, 0.25) is 15.9 Å². The van der Waals surface area contributed by atoms with Crippen LogP contribution >= 0.6 is 11.3 Å². The predicted octanol–water partition coefficient (Wildman–Crippen LogP) is 3.29. The minimum atomic E-state index is -4.50. The molecule has 1 saturated carbocycles. The first-order valence-electron chi connectivity index (χ1n) is 12.0. The van der Waals surface area contributed by atoms with Crippen molar-refractivity contribution in [3.8, 4) is 10.4 Å². The van der Waals surface area contributed by atoms with E-state index in [0.717, 1.165) is 31.6 Å². The van der Waals surface area contributed by atoms with Crippen LogP contribution in [0.25, 0.3) is 10.4 Å². The lowest BCUT2D eigenvalue weighted by Crippen LogP contribution is -2.46. The molecule has 0 bridgehead atoms. The maximum atomic E-state index is 13.5. The molecule has 1 saturated heterocycles. The molecule has 4 N–H and O–H groups in total. The highest BCUT2D eigenvalue weighted by Crippen LogP contribution is 2.41. The quantitative estimate of drug-likeness (QED) is 0.462. The largest absolute Gasteiger partial charge is 0.399 e. The topological polar surface area (TPSA) is 147 Å². The standard InChI is InChI=1S/C23H29F3N6O4S2/c1-12-18(13-7-8-28-17(9-13)22(2,3)23(24,25)26)37-20(29-12)30-21(34)32-11-14(10-16(32)19(27)33)31-38(35,36)15-5-4-6-15/h7-9,14-16,31H,4-6,10-11H2,1-3H3,(H2,27,33)(H,29,30,34)/t14-,16+/m1/s1. The molecule has 0 aromatic carbocycles. The third kappa shape index (κ3) is 5.50. The molecule has 3 amide bonds. The Labute approximate surface area is 222 Å². The SMILES string of the molecule is Cc1nc(NC(=O)N2C[C@H](NS(=O)(=O)C3CCC3)C[C@H]2C(N)=O)sc1-c1ccnc(C(C)(C)C(F)(F)F)c1. The van der Waals surface area contributed by atoms with E-state index in [9.17, 15) is 31.2 Å². The number of primary amides is 1. The number of thiazole rings is 1. The van der Waals surface area contributed by atoms with Crippen molar-refractivity contribution in [1.29, 1.82) is 0 Å². The van der Waals surface area contributed by atoms with E-state index in [0.29, 0.717) is 29.0 Å². The summed E-state index contributed by atoms with van der Waals surface area (Å²) in [6.45, 7) is 3.71. The first kappa shape index (κ1) is 28.2. The Morgan fingerprint density at radius 3 is 2.50 bits per heavy atom. The third-order valence-electron chi connectivity index (χ3n) is 7.09. The Balaban J connectivity index is 1.50. The van der Waals surface area contributed by atoms with Crippen LogP contribution in [0.2, 0.25) is 0 Å². The first-order valence-corrected chi connectivity index (χ1v) is 14.4. The number of amides is 3. The van der Waals surface area contributed by atoms with Crippen molar-refractivity contribution >= 4 is 38.4 Å². The van der Waals surface area contributed by atoms with Crippen LogP contribution in [-0.4, -0.2) is 65.3 Å². The van der Waals surface area contributed by atoms with Gasteiger partial charge in [-0.2, -0.15) is 13.2 Å². The molecular weight excluding hydrogens is 545 g/mol. The van der Waals surface area contributed by atoms with Crippen LogP contribution in [0, 0.1) is 6.92 Å². The van der Waals surface area contributed by atoms with Gasteiger partial charge in [-0.1, -0.05) is 17.8 Å². The summed E-state index contributed by atoms with van der Waals surface area (Å²) in [4.78, 5) is 35.0. The number of aromatic nitrogens is 2. The molecule has 10 nitrogen and oxygen atoms in total. The molecule has 3 heterocycles. The number of hydrogen-bond acceptors (Lipinski definition) is 7. The zero-order chi connectivity index (χ0) is 28.0. The molecule has 2 fully saturated rings. The zero-order valence-corrected chi connectivity index (χ0v) is 22.6. The van der Waals surface area contributed by atoms with Gasteiger partial charge in [0.15, 0.2) is 5.13 Å². The summed E-state index contributed by atoms with van der Waals surface area (Å²) in [5, 5.41) is 2.31. The van der Waals surface area contributed by atoms with E-state index >= 15 is 0 Å². The average Bonchev–Trinajstić information content (AvgIpc) is 3.34. The van der Waals surface area contributed by atoms with Gasteiger partial charge in [0.05, 0.1) is 21.5 Å². The number of rotatable bonds is 7. The highest BCUT2D eigenvalue weighted by molar-refractivity contribution is 7.90. The Kier molecular flexibility index (Phi) is 7.49. The molecule has 1 aliphatic carbocycles. The van der Waals surface area contributed by atoms with Crippen LogP contribution in [0.1, 0.15) is 50.9 Å². The maximum Gasteiger partial charge on any atom is 0.399 e. The molecule has 2 aromatic heterocycles. The fourth-order valence-electron chi connectivity index (χ4n) is 4.36. The Morgan fingerprint density at radius 1 is 1.24 bits per heavy atom. The van der Waals surface area contributed by atoms with Gasteiger partial charge < -0.3 is 10.6 Å². The van der Waals surface area contributed by atoms with E-state index in [2.05, 4.69) is 20.0 Å². The van der Waals surface area contributed by atoms with Gasteiger partial charge in [0, 0.05) is 18.8 Å². The molecule has 2 atom stereocenters. The van der Waals surface area contributed by atoms with Gasteiger partial charge in [-0.05, 0) is 57.7 Å². The molecule has 0 unspecified atom stereocenters. The van der Waals surface area contributed by atoms with E-state index in [1.165, 1.54) is 17.2 Å². The molecule has 4 rings (SSSR count). The molecular formula is C23H29F3N6O4S2. The number of nitrogens with two attached hydrogens (primary N) is 1. The summed E-state index contributed by atoms with van der Waals surface area (Å²) in [6, 6.07) is 0.543. The molecule has 0 radical (unpaired) electrons. The average molecular weight is 575 g/mol. The predicted molar refractivity (Wildman–Crippen MR) is 136 cm³/mol. The van der Waals surface area contributed by atoms with Gasteiger partial charge in [0.1, 0.15) is 11.5 Å². The van der Waals surface area contributed by atoms with Crippen LogP contribution in [0.15, 0.2) is 18.3 Å². The Morgan fingerprint density at radius 2 is 1.92 bits per heavy atom. The number of carbonyl (C=O) groups is 2. The number of likely N-dealkylation sites (tertiary alicyclic amines) is 1. The second kappa shape index (κ2) is 10.1. The number of sulfonamides is 1. The highest BCUT2D eigenvalue weighted by Gasteiger charge is 2.49. The smallest absolute Gasteiger partial charge is 0.368 e. The molecule has 0 spiro atoms. The second-order valence-corrected chi connectivity index (χ2v) is 13.1. The van der Waals surface area contributed by atoms with Crippen LogP contribution in [-0.2, 0) is 20.2 Å². The van der Waals surface area contributed by atoms with Crippen molar-refractivity contribution in [3.05, 3.63) is 29.7 Å². The number of nitrogens with one attached hydrogen (secondary N) is 2. The lowest BCUT2D eigenvalue weighted by Gasteiger charge is -2.27. The maximum absolute atomic E-state index is 13.5. The van der Waals surface area contributed by atoms with Crippen molar-refractivity contribution in [1.82, 2.24) is 19.6 Å². The number of hydrogen-bond donors (Lipinski definition) is 3. The highest BCUT2D eigenvalue weighted by atomic mass is 32.2. The Hall–Kier alpha value is -2.78. The van der Waals surface area contributed by atoms with Crippen LogP contribution in [0.5, 0.6) is 0 Å². The van der Waals surface area contributed by atoms with Crippen molar-refractivity contribution in [2.24, 2.45) is 5.73 Å². The number of halogens is 3. The van der Waals surface area contributed by atoms with E-state index in [1.807, 2.05) is 0 Å². The number of carbonyl (C=O) groups excluding carboxylic acids is 2. The fraction of sp³-hybridized carbons (Fsp3) is 0.565. The van der Waals surface area contributed by atoms with Crippen LogP contribution < -0.4 is 15.8 Å². The Bertz CT molecular complexity index is 1340. The molecule has 15 heteroatoms. The van der Waals surface area contributed by atoms with Gasteiger partial charge in [0.25, 0.3) is 0 Å².